The van der Waals surface area contributed by atoms with Crippen LogP contribution in [0.2, 0.25) is 0 Å². The van der Waals surface area contributed by atoms with Crippen LogP contribution in [-0.2, 0) is 6.42 Å². The summed E-state index contributed by atoms with van der Waals surface area (Å²) in [5.74, 6) is 1.27. The molecule has 1 amide bonds. The monoisotopic (exact) mass is 515 g/mol. The molecule has 0 spiro atoms. The number of hydrogen-bond donors (Lipinski definition) is 2. The predicted octanol–water partition coefficient (Wildman–Crippen LogP) is 4.44. The van der Waals surface area contributed by atoms with E-state index in [1.54, 1.807) is 36.7 Å². The molecule has 9 heteroatoms. The van der Waals surface area contributed by atoms with E-state index in [-0.39, 0.29) is 11.7 Å². The maximum absolute atomic E-state index is 13.7. The fraction of sp³-hybridized carbons (Fsp3) is 0.379. The van der Waals surface area contributed by atoms with Gasteiger partial charge in [-0.15, -0.1) is 0 Å². The van der Waals surface area contributed by atoms with Crippen molar-refractivity contribution in [3.8, 4) is 11.3 Å². The number of benzene rings is 2. The van der Waals surface area contributed by atoms with Crippen molar-refractivity contribution >= 4 is 22.8 Å². The number of carbonyl (C=O) groups excluding carboxylic acids is 1. The van der Waals surface area contributed by atoms with Gasteiger partial charge < -0.3 is 20.1 Å². The van der Waals surface area contributed by atoms with Crippen LogP contribution in [0.3, 0.4) is 0 Å². The van der Waals surface area contributed by atoms with Crippen LogP contribution in [0.15, 0.2) is 54.9 Å². The van der Waals surface area contributed by atoms with Gasteiger partial charge in [0.25, 0.3) is 5.91 Å². The van der Waals surface area contributed by atoms with E-state index < -0.39 is 0 Å². The smallest absolute Gasteiger partial charge is 0.251 e. The van der Waals surface area contributed by atoms with Crippen molar-refractivity contribution in [3.05, 3.63) is 72.1 Å². The number of aryl methyl sites for hydroxylation is 1. The highest BCUT2D eigenvalue weighted by Gasteiger charge is 2.25. The minimum absolute atomic E-state index is 0.150. The topological polar surface area (TPSA) is 90.0 Å². The van der Waals surface area contributed by atoms with Crippen molar-refractivity contribution in [2.24, 2.45) is 0 Å². The summed E-state index contributed by atoms with van der Waals surface area (Å²) >= 11 is 0. The number of nitrogens with one attached hydrogen (secondary N) is 2. The number of nitrogens with zero attached hydrogens (tertiary/aromatic N) is 5. The van der Waals surface area contributed by atoms with Gasteiger partial charge in [0.2, 0.25) is 0 Å². The van der Waals surface area contributed by atoms with Gasteiger partial charge in [-0.1, -0.05) is 6.92 Å². The second kappa shape index (κ2) is 11.7. The molecule has 0 aliphatic carbocycles. The fourth-order valence-electron chi connectivity index (χ4n) is 4.98. The first-order valence-corrected chi connectivity index (χ1v) is 13.3. The minimum atomic E-state index is -0.293. The molecule has 38 heavy (non-hydrogen) atoms. The lowest BCUT2D eigenvalue weighted by molar-refractivity contribution is 0.0953. The number of piperidine rings is 1. The van der Waals surface area contributed by atoms with Crippen LogP contribution in [0.1, 0.15) is 42.4 Å². The molecule has 1 aliphatic heterocycles. The Bertz CT molecular complexity index is 1370. The maximum atomic E-state index is 13.7. The number of aromatic amines is 1. The van der Waals surface area contributed by atoms with Gasteiger partial charge in [-0.25, -0.2) is 19.3 Å². The summed E-state index contributed by atoms with van der Waals surface area (Å²) in [6.45, 7) is 5.51. The van der Waals surface area contributed by atoms with E-state index in [2.05, 4.69) is 39.1 Å². The SMILES string of the molecule is CCN(C)C1CCN(c2nc3ccc(C(=O)NCCCc4ncc[nH]4)cc3nc2-c2ccc(F)cc2)CC1. The molecule has 5 rings (SSSR count). The quantitative estimate of drug-likeness (QED) is 0.320. The molecule has 1 saturated heterocycles. The third kappa shape index (κ3) is 5.83. The van der Waals surface area contributed by atoms with Gasteiger partial charge in [0.05, 0.1) is 11.0 Å². The van der Waals surface area contributed by atoms with Crippen molar-refractivity contribution < 1.29 is 9.18 Å². The molecule has 0 saturated carbocycles. The summed E-state index contributed by atoms with van der Waals surface area (Å²) in [6, 6.07) is 12.4. The first-order chi connectivity index (χ1) is 18.5. The third-order valence-corrected chi connectivity index (χ3v) is 7.34. The van der Waals surface area contributed by atoms with E-state index in [0.29, 0.717) is 29.4 Å². The lowest BCUT2D eigenvalue weighted by Gasteiger charge is -2.37. The summed E-state index contributed by atoms with van der Waals surface area (Å²) in [5, 5.41) is 2.98. The van der Waals surface area contributed by atoms with Crippen molar-refractivity contribution in [2.45, 2.75) is 38.6 Å². The third-order valence-electron chi connectivity index (χ3n) is 7.34. The van der Waals surface area contributed by atoms with Gasteiger partial charge >= 0.3 is 0 Å². The van der Waals surface area contributed by atoms with Crippen molar-refractivity contribution in [1.82, 2.24) is 30.2 Å². The average molecular weight is 516 g/mol. The zero-order valence-electron chi connectivity index (χ0n) is 22.0. The maximum Gasteiger partial charge on any atom is 0.251 e. The van der Waals surface area contributed by atoms with Gasteiger partial charge in [-0.05, 0) is 75.3 Å². The first-order valence-electron chi connectivity index (χ1n) is 13.3. The first kappa shape index (κ1) is 25.8. The second-order valence-corrected chi connectivity index (χ2v) is 9.79. The lowest BCUT2D eigenvalue weighted by Crippen LogP contribution is -2.43. The van der Waals surface area contributed by atoms with Crippen LogP contribution in [0.5, 0.6) is 0 Å². The molecule has 0 bridgehead atoms. The zero-order valence-corrected chi connectivity index (χ0v) is 22.0. The van der Waals surface area contributed by atoms with E-state index >= 15 is 0 Å². The second-order valence-electron chi connectivity index (χ2n) is 9.79. The number of fused-ring (bicyclic) bond motifs is 1. The minimum Gasteiger partial charge on any atom is -0.355 e. The number of halogens is 1. The zero-order chi connectivity index (χ0) is 26.5. The van der Waals surface area contributed by atoms with E-state index in [9.17, 15) is 9.18 Å². The summed E-state index contributed by atoms with van der Waals surface area (Å²) < 4.78 is 13.7. The van der Waals surface area contributed by atoms with Crippen LogP contribution >= 0.6 is 0 Å². The average Bonchev–Trinajstić information content (AvgIpc) is 3.48. The summed E-state index contributed by atoms with van der Waals surface area (Å²) in [7, 11) is 2.17. The Labute approximate surface area is 222 Å². The van der Waals surface area contributed by atoms with Gasteiger partial charge in [-0.2, -0.15) is 0 Å². The number of carbonyl (C=O) groups is 1. The highest BCUT2D eigenvalue weighted by atomic mass is 19.1. The van der Waals surface area contributed by atoms with Gasteiger partial charge in [0.1, 0.15) is 17.3 Å². The largest absolute Gasteiger partial charge is 0.355 e. The molecule has 0 radical (unpaired) electrons. The number of rotatable bonds is 9. The Morgan fingerprint density at radius 2 is 1.92 bits per heavy atom. The van der Waals surface area contributed by atoms with Crippen LogP contribution in [0.25, 0.3) is 22.3 Å². The molecule has 2 aromatic carbocycles. The van der Waals surface area contributed by atoms with Crippen molar-refractivity contribution in [2.75, 3.05) is 38.1 Å². The number of imidazole rings is 1. The highest BCUT2D eigenvalue weighted by Crippen LogP contribution is 2.32. The molecule has 2 N–H and O–H groups in total. The van der Waals surface area contributed by atoms with Crippen LogP contribution in [0, 0.1) is 5.82 Å². The number of H-pyrrole nitrogens is 1. The molecule has 198 valence electrons. The van der Waals surface area contributed by atoms with E-state index in [0.717, 1.165) is 68.0 Å². The fourth-order valence-corrected chi connectivity index (χ4v) is 4.98. The highest BCUT2D eigenvalue weighted by molar-refractivity contribution is 5.97. The Morgan fingerprint density at radius 3 is 2.63 bits per heavy atom. The standard InChI is InChI=1S/C29H34FN7O/c1-3-36(2)23-12-17-37(18-13-23)28-27(20-6-9-22(30)10-7-20)34-25-19-21(8-11-24(25)35-28)29(38)33-14-4-5-26-31-15-16-32-26/h6-11,15-16,19,23H,3-5,12-14,17-18H2,1-2H3,(H,31,32)(H,33,38). The molecule has 8 nitrogen and oxygen atoms in total. The van der Waals surface area contributed by atoms with Gasteiger partial charge in [0, 0.05) is 55.6 Å². The molecular formula is C29H34FN7O. The van der Waals surface area contributed by atoms with Crippen LogP contribution < -0.4 is 10.2 Å². The molecule has 3 heterocycles. The van der Waals surface area contributed by atoms with Crippen LogP contribution in [0.4, 0.5) is 10.2 Å². The summed E-state index contributed by atoms with van der Waals surface area (Å²) in [4.78, 5) is 34.8. The van der Waals surface area contributed by atoms with Crippen LogP contribution in [-0.4, -0.2) is 70.0 Å². The number of amides is 1. The van der Waals surface area contributed by atoms with E-state index in [1.807, 2.05) is 6.07 Å². The molecule has 0 unspecified atom stereocenters. The van der Waals surface area contributed by atoms with Gasteiger partial charge in [0.15, 0.2) is 5.82 Å². The molecule has 2 aromatic heterocycles. The van der Waals surface area contributed by atoms with Crippen molar-refractivity contribution in [3.63, 3.8) is 0 Å². The number of hydrogen-bond acceptors (Lipinski definition) is 6. The molecule has 1 fully saturated rings. The van der Waals surface area contributed by atoms with Gasteiger partial charge in [-0.3, -0.25) is 4.79 Å². The van der Waals surface area contributed by atoms with Crippen molar-refractivity contribution in [1.29, 1.82) is 0 Å². The molecule has 4 aromatic rings. The molecule has 0 atom stereocenters. The Hall–Kier alpha value is -3.85. The molecule has 1 aliphatic rings. The summed E-state index contributed by atoms with van der Waals surface area (Å²) in [5.41, 5.74) is 3.41. The van der Waals surface area contributed by atoms with E-state index in [4.69, 9.17) is 9.97 Å². The Balaban J connectivity index is 1.38. The Morgan fingerprint density at radius 1 is 1.13 bits per heavy atom. The lowest BCUT2D eigenvalue weighted by atomic mass is 10.0. The number of aromatic nitrogens is 4. The normalized spacial score (nSPS) is 14.4. The summed E-state index contributed by atoms with van der Waals surface area (Å²) in [6.07, 6.45) is 7.17. The predicted molar refractivity (Wildman–Crippen MR) is 148 cm³/mol. The number of anilines is 1. The molecular weight excluding hydrogens is 481 g/mol. The Kier molecular flexibility index (Phi) is 7.93. The van der Waals surface area contributed by atoms with E-state index in [1.165, 1.54) is 12.1 Å².